The molecule has 0 fully saturated rings. The highest BCUT2D eigenvalue weighted by Crippen LogP contribution is 2.48. The first kappa shape index (κ1) is 68.9. The lowest BCUT2D eigenvalue weighted by atomic mass is 9.99. The van der Waals surface area contributed by atoms with Crippen molar-refractivity contribution in [1.29, 1.82) is 0 Å². The number of benzene rings is 20. The van der Waals surface area contributed by atoms with Crippen LogP contribution < -0.4 is 0 Å². The zero-order chi connectivity index (χ0) is 80.0. The first-order valence-electron chi connectivity index (χ1n) is 42.0. The summed E-state index contributed by atoms with van der Waals surface area (Å²) in [5.74, 6) is 0. The molecule has 26 aromatic rings. The summed E-state index contributed by atoms with van der Waals surface area (Å²) in [4.78, 5) is 0. The molecule has 0 aliphatic carbocycles. The monoisotopic (exact) mass is 1550 g/mol. The Balaban J connectivity index is 0.000000134. The van der Waals surface area contributed by atoms with Crippen molar-refractivity contribution in [2.24, 2.45) is 0 Å². The molecule has 26 rings (SSSR count). The lowest BCUT2D eigenvalue weighted by Gasteiger charge is -2.11. The van der Waals surface area contributed by atoms with E-state index >= 15 is 0 Å². The van der Waals surface area contributed by atoms with E-state index in [1.54, 1.807) is 0 Å². The third-order valence-electron chi connectivity index (χ3n) is 25.6. The Morgan fingerprint density at radius 2 is 0.393 bits per heavy atom. The molecule has 0 aliphatic rings. The summed E-state index contributed by atoms with van der Waals surface area (Å²) >= 11 is 0. The average Bonchev–Trinajstić information content (AvgIpc) is 1.55. The molecular weight excluding hydrogens is 1480 g/mol. The van der Waals surface area contributed by atoms with Crippen LogP contribution in [0.4, 0.5) is 0 Å². The van der Waals surface area contributed by atoms with Gasteiger partial charge in [0.1, 0.15) is 0 Å². The predicted octanol–water partition coefficient (Wildman–Crippen LogP) is 30.9. The minimum absolute atomic E-state index is 1.14. The van der Waals surface area contributed by atoms with Crippen molar-refractivity contribution in [2.45, 2.75) is 0 Å². The molecule has 0 bridgehead atoms. The number of hydrogen-bond donors (Lipinski definition) is 0. The molecule has 0 unspecified atom stereocenters. The molecule has 122 heavy (non-hydrogen) atoms. The molecular formula is C116H74N6. The van der Waals surface area contributed by atoms with Crippen LogP contribution in [0.3, 0.4) is 0 Å². The third kappa shape index (κ3) is 10.8. The minimum Gasteiger partial charge on any atom is -0.309 e. The fourth-order valence-electron chi connectivity index (χ4n) is 20.1. The molecule has 0 saturated carbocycles. The molecule has 0 radical (unpaired) electrons. The van der Waals surface area contributed by atoms with E-state index < -0.39 is 0 Å². The smallest absolute Gasteiger partial charge is 0.0641 e. The molecule has 0 spiro atoms. The first-order valence-corrected chi connectivity index (χ1v) is 42.0. The van der Waals surface area contributed by atoms with Gasteiger partial charge in [0.2, 0.25) is 0 Å². The summed E-state index contributed by atoms with van der Waals surface area (Å²) in [5, 5.41) is 19.9. The van der Waals surface area contributed by atoms with Crippen molar-refractivity contribution in [2.75, 3.05) is 0 Å². The minimum atomic E-state index is 1.14. The second-order valence-corrected chi connectivity index (χ2v) is 32.3. The number of hydrogen-bond acceptors (Lipinski definition) is 0. The largest absolute Gasteiger partial charge is 0.309 e. The van der Waals surface area contributed by atoms with Gasteiger partial charge in [0.25, 0.3) is 0 Å². The number of aromatic nitrogens is 6. The van der Waals surface area contributed by atoms with E-state index in [4.69, 9.17) is 0 Å². The van der Waals surface area contributed by atoms with E-state index in [2.05, 4.69) is 476 Å². The van der Waals surface area contributed by atoms with Crippen molar-refractivity contribution in [1.82, 2.24) is 27.4 Å². The van der Waals surface area contributed by atoms with Crippen LogP contribution in [0, 0.1) is 0 Å². The van der Waals surface area contributed by atoms with Crippen molar-refractivity contribution >= 4 is 152 Å². The summed E-state index contributed by atoms with van der Waals surface area (Å²) in [6, 6.07) is 165. The van der Waals surface area contributed by atoms with Gasteiger partial charge in [0.15, 0.2) is 0 Å². The van der Waals surface area contributed by atoms with Gasteiger partial charge in [-0.1, -0.05) is 285 Å². The molecule has 20 aromatic carbocycles. The lowest BCUT2D eigenvalue weighted by Crippen LogP contribution is -1.95. The van der Waals surface area contributed by atoms with E-state index in [-0.39, 0.29) is 0 Å². The number of para-hydroxylation sites is 6. The molecule has 0 aliphatic heterocycles. The summed E-state index contributed by atoms with van der Waals surface area (Å²) < 4.78 is 14.7. The van der Waals surface area contributed by atoms with Gasteiger partial charge >= 0.3 is 0 Å². The fourth-order valence-corrected chi connectivity index (χ4v) is 20.1. The van der Waals surface area contributed by atoms with Crippen LogP contribution in [0.5, 0.6) is 0 Å². The van der Waals surface area contributed by atoms with Crippen LogP contribution in [0.15, 0.2) is 449 Å². The Bertz CT molecular complexity index is 8750. The Labute approximate surface area is 702 Å². The van der Waals surface area contributed by atoms with E-state index in [0.29, 0.717) is 0 Å². The second-order valence-electron chi connectivity index (χ2n) is 32.3. The van der Waals surface area contributed by atoms with Crippen LogP contribution in [0.25, 0.3) is 231 Å². The molecule has 0 amide bonds. The molecule has 568 valence electrons. The van der Waals surface area contributed by atoms with Crippen molar-refractivity contribution < 1.29 is 0 Å². The molecule has 0 N–H and O–H groups in total. The number of fused-ring (bicyclic) bond motifs is 22. The van der Waals surface area contributed by atoms with Gasteiger partial charge in [-0.15, -0.1) is 0 Å². The normalized spacial score (nSPS) is 11.9. The quantitative estimate of drug-likeness (QED) is 0.131. The maximum absolute atomic E-state index is 2.47. The van der Waals surface area contributed by atoms with Gasteiger partial charge in [0.05, 0.1) is 66.2 Å². The summed E-state index contributed by atoms with van der Waals surface area (Å²) in [6.45, 7) is 0. The molecule has 6 heterocycles. The summed E-state index contributed by atoms with van der Waals surface area (Å²) in [7, 11) is 0. The predicted molar refractivity (Wildman–Crippen MR) is 516 cm³/mol. The van der Waals surface area contributed by atoms with E-state index in [9.17, 15) is 0 Å². The standard InChI is InChI=1S/2C58H37N3/c1-3-14-38(15-4-1)41-18-13-21-45(34-41)60-55-32-28-43(37-51(55)57-56(60)33-30-49-47-22-9-12-25-53(47)61(58(49)57)44-19-5-2-6-20-44)42-27-31-54-50(36-42)48-23-10-11-24-52(48)59(54)46-29-26-39-16-7-8-17-40(39)35-46;1-3-14-38(15-4-1)41-18-13-21-45(34-41)61-54-31-28-43(37-50(54)58-56(61)33-32-55-57(58)48-23-10-12-25-52(48)59(55)44-19-5-2-6-20-44)42-27-30-53-49(36-42)47-22-9-11-24-51(47)60(53)46-29-26-39-16-7-8-17-40(39)35-46/h2*1-37H. The van der Waals surface area contributed by atoms with E-state index in [1.165, 1.54) is 208 Å². The Hall–Kier alpha value is -16.3. The van der Waals surface area contributed by atoms with Gasteiger partial charge < -0.3 is 27.4 Å². The Morgan fingerprint density at radius 3 is 0.869 bits per heavy atom. The SMILES string of the molecule is c1ccc(-c2cccc(-n3c4ccc(-c5ccc6c(c5)c5ccccc5n6-c5ccc6ccccc6c5)cc4c4c3ccc3c5ccccc5n(-c5ccccc5)c34)c2)cc1.c1ccc(-c2cccc(-n3c4ccc(-c5ccc6c(c5)c5ccccc5n6-c5ccc6ccccc6c5)cc4c4c5c6ccccc6n(-c6ccccc6)c5ccc43)c2)cc1. The Kier molecular flexibility index (Phi) is 15.6. The van der Waals surface area contributed by atoms with E-state index in [1.807, 2.05) is 0 Å². The lowest BCUT2D eigenvalue weighted by molar-refractivity contribution is 1.17. The van der Waals surface area contributed by atoms with Gasteiger partial charge in [0, 0.05) is 98.8 Å². The van der Waals surface area contributed by atoms with Gasteiger partial charge in [-0.25, -0.2) is 0 Å². The first-order chi connectivity index (χ1) is 60.5. The molecule has 0 atom stereocenters. The highest BCUT2D eigenvalue weighted by Gasteiger charge is 2.26. The fraction of sp³-hybridized carbons (Fsp3) is 0. The van der Waals surface area contributed by atoms with Crippen LogP contribution in [0.1, 0.15) is 0 Å². The second kappa shape index (κ2) is 27.7. The highest BCUT2D eigenvalue weighted by atomic mass is 15.0. The number of rotatable bonds is 10. The van der Waals surface area contributed by atoms with Gasteiger partial charge in [-0.3, -0.25) is 0 Å². The number of nitrogens with zero attached hydrogens (tertiary/aromatic N) is 6. The molecule has 0 saturated heterocycles. The Morgan fingerprint density at radius 1 is 0.115 bits per heavy atom. The van der Waals surface area contributed by atoms with Crippen molar-refractivity contribution in [3.63, 3.8) is 0 Å². The maximum Gasteiger partial charge on any atom is 0.0641 e. The summed E-state index contributed by atoms with van der Waals surface area (Å²) in [6.07, 6.45) is 0. The van der Waals surface area contributed by atoms with Gasteiger partial charge in [-0.2, -0.15) is 0 Å². The van der Waals surface area contributed by atoms with Crippen molar-refractivity contribution in [3.05, 3.63) is 449 Å². The summed E-state index contributed by atoms with van der Waals surface area (Å²) in [5.41, 5.74) is 30.9. The highest BCUT2D eigenvalue weighted by molar-refractivity contribution is 6.30. The van der Waals surface area contributed by atoms with Crippen molar-refractivity contribution in [3.8, 4) is 78.6 Å². The average molecular weight is 1550 g/mol. The molecule has 6 nitrogen and oxygen atoms in total. The third-order valence-corrected chi connectivity index (χ3v) is 25.6. The molecule has 6 aromatic heterocycles. The van der Waals surface area contributed by atoms with Crippen LogP contribution in [-0.2, 0) is 0 Å². The van der Waals surface area contributed by atoms with Crippen LogP contribution >= 0.6 is 0 Å². The van der Waals surface area contributed by atoms with Crippen LogP contribution in [-0.4, -0.2) is 27.4 Å². The maximum atomic E-state index is 2.47. The molecule has 6 heteroatoms. The van der Waals surface area contributed by atoms with E-state index in [0.717, 1.165) is 22.7 Å². The van der Waals surface area contributed by atoms with Gasteiger partial charge in [-0.05, 0) is 230 Å². The van der Waals surface area contributed by atoms with Crippen LogP contribution in [0.2, 0.25) is 0 Å². The zero-order valence-corrected chi connectivity index (χ0v) is 66.4. The zero-order valence-electron chi connectivity index (χ0n) is 66.4. The topological polar surface area (TPSA) is 29.6 Å².